The Bertz CT molecular complexity index is 883. The maximum atomic E-state index is 12.6. The molecule has 0 amide bonds. The van der Waals surface area contributed by atoms with Gasteiger partial charge in [0, 0.05) is 5.39 Å². The van der Waals surface area contributed by atoms with E-state index in [9.17, 15) is 13.2 Å². The van der Waals surface area contributed by atoms with Crippen LogP contribution in [0.1, 0.15) is 11.3 Å². The molecule has 0 bridgehead atoms. The van der Waals surface area contributed by atoms with Gasteiger partial charge in [0.25, 0.3) is 0 Å². The number of ether oxygens (including phenoxy) is 1. The fraction of sp³-hybridized carbons (Fsp3) is 0.133. The molecule has 0 N–H and O–H groups in total. The number of halogens is 4. The Labute approximate surface area is 133 Å². The first-order valence-corrected chi connectivity index (χ1v) is 6.87. The van der Waals surface area contributed by atoms with Gasteiger partial charge in [-0.3, -0.25) is 0 Å². The molecule has 4 nitrogen and oxygen atoms in total. The standard InChI is InChI=1S/C15H9ClF3N3O/c1-8-11-7-10(3-4-13(11)21-22-20-8)23-14-5-2-9(6-12(14)16)15(17,18)19/h2-7H,1H3. The number of benzene rings is 2. The predicted molar refractivity (Wildman–Crippen MR) is 78.6 cm³/mol. The van der Waals surface area contributed by atoms with Crippen LogP contribution in [0, 0.1) is 6.92 Å². The molecule has 1 aromatic heterocycles. The van der Waals surface area contributed by atoms with E-state index in [1.807, 2.05) is 0 Å². The molecule has 3 rings (SSSR count). The Morgan fingerprint density at radius 1 is 1.04 bits per heavy atom. The summed E-state index contributed by atoms with van der Waals surface area (Å²) in [5.74, 6) is 0.545. The monoisotopic (exact) mass is 339 g/mol. The van der Waals surface area contributed by atoms with Gasteiger partial charge in [0.15, 0.2) is 0 Å². The minimum atomic E-state index is -4.45. The lowest BCUT2D eigenvalue weighted by molar-refractivity contribution is -0.137. The molecule has 2 aromatic carbocycles. The third-order valence-electron chi connectivity index (χ3n) is 3.19. The molecule has 0 aliphatic rings. The number of hydrogen-bond donors (Lipinski definition) is 0. The summed E-state index contributed by atoms with van der Waals surface area (Å²) >= 11 is 5.88. The Morgan fingerprint density at radius 3 is 2.52 bits per heavy atom. The minimum absolute atomic E-state index is 0.123. The zero-order valence-electron chi connectivity index (χ0n) is 11.7. The lowest BCUT2D eigenvalue weighted by Gasteiger charge is -2.11. The molecule has 0 fully saturated rings. The van der Waals surface area contributed by atoms with Crippen molar-refractivity contribution < 1.29 is 17.9 Å². The van der Waals surface area contributed by atoms with Gasteiger partial charge in [0.05, 0.1) is 21.8 Å². The highest BCUT2D eigenvalue weighted by atomic mass is 35.5. The Morgan fingerprint density at radius 2 is 1.83 bits per heavy atom. The van der Waals surface area contributed by atoms with Crippen LogP contribution in [0.5, 0.6) is 11.5 Å². The van der Waals surface area contributed by atoms with Crippen molar-refractivity contribution in [2.75, 3.05) is 0 Å². The zero-order valence-corrected chi connectivity index (χ0v) is 12.5. The molecule has 118 valence electrons. The number of fused-ring (bicyclic) bond motifs is 1. The summed E-state index contributed by atoms with van der Waals surface area (Å²) in [6.07, 6.45) is -4.45. The highest BCUT2D eigenvalue weighted by Crippen LogP contribution is 2.36. The predicted octanol–water partition coefficient (Wildman–Crippen LogP) is 4.80. The zero-order chi connectivity index (χ0) is 16.6. The quantitative estimate of drug-likeness (QED) is 0.673. The summed E-state index contributed by atoms with van der Waals surface area (Å²) in [7, 11) is 0. The van der Waals surface area contributed by atoms with Gasteiger partial charge < -0.3 is 4.74 Å². The van der Waals surface area contributed by atoms with E-state index in [-0.39, 0.29) is 10.8 Å². The van der Waals surface area contributed by atoms with Crippen LogP contribution in [0.4, 0.5) is 13.2 Å². The average molecular weight is 340 g/mol. The van der Waals surface area contributed by atoms with Crippen molar-refractivity contribution in [3.05, 3.63) is 52.7 Å². The number of aromatic nitrogens is 3. The first-order chi connectivity index (χ1) is 10.8. The molecular formula is C15H9ClF3N3O. The molecule has 0 atom stereocenters. The largest absolute Gasteiger partial charge is 0.456 e. The van der Waals surface area contributed by atoms with E-state index >= 15 is 0 Å². The van der Waals surface area contributed by atoms with Crippen molar-refractivity contribution >= 4 is 22.5 Å². The highest BCUT2D eigenvalue weighted by Gasteiger charge is 2.31. The summed E-state index contributed by atoms with van der Waals surface area (Å²) in [6.45, 7) is 1.77. The van der Waals surface area contributed by atoms with Crippen LogP contribution in [0.15, 0.2) is 36.4 Å². The topological polar surface area (TPSA) is 47.9 Å². The normalized spacial score (nSPS) is 11.7. The second kappa shape index (κ2) is 5.66. The van der Waals surface area contributed by atoms with Gasteiger partial charge in [-0.05, 0) is 48.5 Å². The van der Waals surface area contributed by atoms with Crippen LogP contribution < -0.4 is 4.74 Å². The Hall–Kier alpha value is -2.41. The van der Waals surface area contributed by atoms with Crippen LogP contribution in [-0.4, -0.2) is 15.4 Å². The maximum absolute atomic E-state index is 12.6. The molecule has 0 aliphatic carbocycles. The summed E-state index contributed by atoms with van der Waals surface area (Å²) in [5.41, 5.74) is 0.478. The first-order valence-electron chi connectivity index (χ1n) is 6.49. The van der Waals surface area contributed by atoms with Crippen LogP contribution in [-0.2, 0) is 6.18 Å². The highest BCUT2D eigenvalue weighted by molar-refractivity contribution is 6.32. The average Bonchev–Trinajstić information content (AvgIpc) is 2.49. The van der Waals surface area contributed by atoms with Gasteiger partial charge >= 0.3 is 6.18 Å². The van der Waals surface area contributed by atoms with Crippen molar-refractivity contribution in [3.63, 3.8) is 0 Å². The fourth-order valence-electron chi connectivity index (χ4n) is 2.03. The number of alkyl halides is 3. The smallest absolute Gasteiger partial charge is 0.416 e. The van der Waals surface area contributed by atoms with E-state index in [1.165, 1.54) is 6.07 Å². The lowest BCUT2D eigenvalue weighted by Crippen LogP contribution is -2.04. The summed E-state index contributed by atoms with van der Waals surface area (Å²) in [6, 6.07) is 7.93. The van der Waals surface area contributed by atoms with E-state index in [4.69, 9.17) is 16.3 Å². The Kier molecular flexibility index (Phi) is 3.81. The van der Waals surface area contributed by atoms with Gasteiger partial charge in [0.2, 0.25) is 0 Å². The number of aryl methyl sites for hydroxylation is 1. The number of rotatable bonds is 2. The van der Waals surface area contributed by atoms with Crippen molar-refractivity contribution in [2.24, 2.45) is 0 Å². The van der Waals surface area contributed by atoms with Gasteiger partial charge in [-0.1, -0.05) is 11.6 Å². The summed E-state index contributed by atoms with van der Waals surface area (Å²) in [4.78, 5) is 0. The van der Waals surface area contributed by atoms with Crippen molar-refractivity contribution in [1.82, 2.24) is 15.4 Å². The van der Waals surface area contributed by atoms with Crippen LogP contribution >= 0.6 is 11.6 Å². The molecule has 0 saturated heterocycles. The van der Waals surface area contributed by atoms with Gasteiger partial charge in [0.1, 0.15) is 11.5 Å². The molecule has 0 saturated carbocycles. The molecule has 0 unspecified atom stereocenters. The van der Waals surface area contributed by atoms with Crippen molar-refractivity contribution in [2.45, 2.75) is 13.1 Å². The maximum Gasteiger partial charge on any atom is 0.416 e. The first kappa shape index (κ1) is 15.5. The fourth-order valence-corrected chi connectivity index (χ4v) is 2.25. The van der Waals surface area contributed by atoms with Crippen LogP contribution in [0.25, 0.3) is 10.9 Å². The van der Waals surface area contributed by atoms with E-state index in [0.29, 0.717) is 17.0 Å². The molecule has 1 heterocycles. The van der Waals surface area contributed by atoms with Gasteiger partial charge in [-0.25, -0.2) is 0 Å². The molecule has 0 aliphatic heterocycles. The van der Waals surface area contributed by atoms with Gasteiger partial charge in [-0.2, -0.15) is 13.2 Å². The second-order valence-corrected chi connectivity index (χ2v) is 5.21. The minimum Gasteiger partial charge on any atom is -0.456 e. The van der Waals surface area contributed by atoms with Gasteiger partial charge in [-0.15, -0.1) is 10.2 Å². The van der Waals surface area contributed by atoms with Crippen molar-refractivity contribution in [1.29, 1.82) is 0 Å². The molecule has 0 radical (unpaired) electrons. The number of hydrogen-bond acceptors (Lipinski definition) is 4. The molecule has 23 heavy (non-hydrogen) atoms. The molecule has 3 aromatic rings. The van der Waals surface area contributed by atoms with Crippen molar-refractivity contribution in [3.8, 4) is 11.5 Å². The van der Waals surface area contributed by atoms with E-state index in [2.05, 4.69) is 15.4 Å². The van der Waals surface area contributed by atoms with Crippen LogP contribution in [0.2, 0.25) is 5.02 Å². The number of nitrogens with zero attached hydrogens (tertiary/aromatic N) is 3. The third kappa shape index (κ3) is 3.19. The summed E-state index contributed by atoms with van der Waals surface area (Å²) in [5, 5.41) is 11.9. The SMILES string of the molecule is Cc1nnnc2ccc(Oc3ccc(C(F)(F)F)cc3Cl)cc12. The third-order valence-corrected chi connectivity index (χ3v) is 3.49. The van der Waals surface area contributed by atoms with E-state index in [0.717, 1.165) is 17.5 Å². The summed E-state index contributed by atoms with van der Waals surface area (Å²) < 4.78 is 43.4. The lowest BCUT2D eigenvalue weighted by atomic mass is 10.2. The van der Waals surface area contributed by atoms with Crippen LogP contribution in [0.3, 0.4) is 0 Å². The second-order valence-electron chi connectivity index (χ2n) is 4.80. The van der Waals surface area contributed by atoms with E-state index < -0.39 is 11.7 Å². The molecule has 8 heteroatoms. The molecule has 0 spiro atoms. The Balaban J connectivity index is 1.94. The molecular weight excluding hydrogens is 331 g/mol. The van der Waals surface area contributed by atoms with E-state index in [1.54, 1.807) is 25.1 Å².